The van der Waals surface area contributed by atoms with E-state index >= 15 is 0 Å². The summed E-state index contributed by atoms with van der Waals surface area (Å²) in [6.07, 6.45) is 8.06. The number of urea groups is 1. The molecular weight excluding hydrogens is 314 g/mol. The Kier molecular flexibility index (Phi) is 4.68. The van der Waals surface area contributed by atoms with Crippen LogP contribution in [0.25, 0.3) is 0 Å². The van der Waals surface area contributed by atoms with Crippen molar-refractivity contribution in [3.63, 3.8) is 0 Å². The SMILES string of the molecule is O=C(Nc1ncn(Cc2ccccc2)n1)N1CCC2CCCCC2C1. The fraction of sp³-hybridized carbons (Fsp3) is 0.526. The standard InChI is InChI=1S/C19H25N5O/c25-19(23-11-10-16-8-4-5-9-17(16)13-23)21-18-20-14-24(22-18)12-15-6-2-1-3-7-15/h1-3,6-7,14,16-17H,4-5,8-13H2,(H,21,22,25). The van der Waals surface area contributed by atoms with Gasteiger partial charge in [-0.1, -0.05) is 49.6 Å². The minimum Gasteiger partial charge on any atom is -0.324 e. The molecule has 0 radical (unpaired) electrons. The number of piperidine rings is 1. The molecule has 25 heavy (non-hydrogen) atoms. The van der Waals surface area contributed by atoms with Crippen LogP contribution in [0.4, 0.5) is 10.7 Å². The van der Waals surface area contributed by atoms with Crippen molar-refractivity contribution in [3.05, 3.63) is 42.2 Å². The summed E-state index contributed by atoms with van der Waals surface area (Å²) in [5.41, 5.74) is 1.16. The van der Waals surface area contributed by atoms with Crippen LogP contribution in [0.5, 0.6) is 0 Å². The Labute approximate surface area is 148 Å². The average Bonchev–Trinajstić information content (AvgIpc) is 3.09. The van der Waals surface area contributed by atoms with Gasteiger partial charge in [0.05, 0.1) is 6.54 Å². The van der Waals surface area contributed by atoms with E-state index in [1.807, 2.05) is 35.2 Å². The number of anilines is 1. The van der Waals surface area contributed by atoms with Gasteiger partial charge in [0.1, 0.15) is 6.33 Å². The summed E-state index contributed by atoms with van der Waals surface area (Å²) in [4.78, 5) is 18.7. The molecule has 2 aliphatic rings. The molecule has 0 spiro atoms. The first kappa shape index (κ1) is 16.1. The number of carbonyl (C=O) groups is 1. The molecule has 2 amide bonds. The number of carbonyl (C=O) groups excluding carboxylic acids is 1. The normalized spacial score (nSPS) is 23.1. The molecular formula is C19H25N5O. The van der Waals surface area contributed by atoms with Crippen molar-refractivity contribution in [2.45, 2.75) is 38.6 Å². The molecule has 132 valence electrons. The summed E-state index contributed by atoms with van der Waals surface area (Å²) in [7, 11) is 0. The third-order valence-electron chi connectivity index (χ3n) is 5.52. The second-order valence-corrected chi connectivity index (χ2v) is 7.22. The average molecular weight is 339 g/mol. The lowest BCUT2D eigenvalue weighted by Crippen LogP contribution is -2.46. The van der Waals surface area contributed by atoms with Gasteiger partial charge in [0.15, 0.2) is 0 Å². The Hall–Kier alpha value is -2.37. The van der Waals surface area contributed by atoms with Gasteiger partial charge in [0.25, 0.3) is 0 Å². The van der Waals surface area contributed by atoms with E-state index in [1.165, 1.54) is 25.7 Å². The molecule has 2 atom stereocenters. The van der Waals surface area contributed by atoms with Crippen molar-refractivity contribution in [3.8, 4) is 0 Å². The summed E-state index contributed by atoms with van der Waals surface area (Å²) in [6.45, 7) is 2.37. The van der Waals surface area contributed by atoms with E-state index in [2.05, 4.69) is 15.4 Å². The van der Waals surface area contributed by atoms with Crippen LogP contribution in [0.2, 0.25) is 0 Å². The Bertz CT molecular complexity index is 714. The smallest absolute Gasteiger partial charge is 0.324 e. The van der Waals surface area contributed by atoms with E-state index < -0.39 is 0 Å². The molecule has 2 unspecified atom stereocenters. The van der Waals surface area contributed by atoms with Crippen LogP contribution in [0, 0.1) is 11.8 Å². The van der Waals surface area contributed by atoms with E-state index in [-0.39, 0.29) is 6.03 Å². The maximum absolute atomic E-state index is 12.5. The van der Waals surface area contributed by atoms with Crippen LogP contribution in [-0.2, 0) is 6.54 Å². The molecule has 1 aliphatic carbocycles. The molecule has 1 aliphatic heterocycles. The molecule has 1 saturated heterocycles. The van der Waals surface area contributed by atoms with Gasteiger partial charge in [0, 0.05) is 13.1 Å². The number of aromatic nitrogens is 3. The highest BCUT2D eigenvalue weighted by molar-refractivity contribution is 5.87. The molecule has 2 aromatic rings. The maximum Gasteiger partial charge on any atom is 0.324 e. The summed E-state index contributed by atoms with van der Waals surface area (Å²) >= 11 is 0. The van der Waals surface area contributed by atoms with Gasteiger partial charge in [-0.2, -0.15) is 0 Å². The Morgan fingerprint density at radius 2 is 1.92 bits per heavy atom. The second-order valence-electron chi connectivity index (χ2n) is 7.22. The third kappa shape index (κ3) is 3.83. The van der Waals surface area contributed by atoms with E-state index in [4.69, 9.17) is 0 Å². The summed E-state index contributed by atoms with van der Waals surface area (Å²) in [5, 5.41) is 7.23. The van der Waals surface area contributed by atoms with Crippen molar-refractivity contribution in [2.24, 2.45) is 11.8 Å². The van der Waals surface area contributed by atoms with Crippen LogP contribution in [-0.4, -0.2) is 38.8 Å². The summed E-state index contributed by atoms with van der Waals surface area (Å²) in [5.74, 6) is 1.88. The van der Waals surface area contributed by atoms with Gasteiger partial charge in [0.2, 0.25) is 5.95 Å². The molecule has 0 bridgehead atoms. The molecule has 6 heteroatoms. The van der Waals surface area contributed by atoms with Crippen molar-refractivity contribution in [1.82, 2.24) is 19.7 Å². The minimum absolute atomic E-state index is 0.0681. The lowest BCUT2D eigenvalue weighted by molar-refractivity contribution is 0.108. The Morgan fingerprint density at radius 3 is 2.76 bits per heavy atom. The summed E-state index contributed by atoms with van der Waals surface area (Å²) in [6, 6.07) is 10.0. The first-order valence-electron chi connectivity index (χ1n) is 9.27. The molecule has 2 fully saturated rings. The number of amides is 2. The van der Waals surface area contributed by atoms with Crippen LogP contribution in [0.3, 0.4) is 0 Å². The Morgan fingerprint density at radius 1 is 1.12 bits per heavy atom. The van der Waals surface area contributed by atoms with Gasteiger partial charge in [-0.3, -0.25) is 5.32 Å². The fourth-order valence-corrected chi connectivity index (χ4v) is 4.16. The van der Waals surface area contributed by atoms with Crippen molar-refractivity contribution < 1.29 is 4.79 Å². The van der Waals surface area contributed by atoms with Gasteiger partial charge in [-0.25, -0.2) is 14.5 Å². The third-order valence-corrected chi connectivity index (χ3v) is 5.52. The first-order valence-corrected chi connectivity index (χ1v) is 9.27. The number of nitrogens with zero attached hydrogens (tertiary/aromatic N) is 4. The zero-order chi connectivity index (χ0) is 17.1. The number of rotatable bonds is 3. The topological polar surface area (TPSA) is 63.1 Å². The highest BCUT2D eigenvalue weighted by Gasteiger charge is 2.33. The van der Waals surface area contributed by atoms with Gasteiger partial charge >= 0.3 is 6.03 Å². The van der Waals surface area contributed by atoms with Gasteiger partial charge < -0.3 is 4.90 Å². The predicted molar refractivity (Wildman–Crippen MR) is 96.2 cm³/mol. The largest absolute Gasteiger partial charge is 0.324 e. The van der Waals surface area contributed by atoms with E-state index in [0.717, 1.165) is 31.0 Å². The first-order chi connectivity index (χ1) is 12.3. The number of nitrogens with one attached hydrogen (secondary N) is 1. The lowest BCUT2D eigenvalue weighted by atomic mass is 9.75. The fourth-order valence-electron chi connectivity index (χ4n) is 4.16. The number of hydrogen-bond acceptors (Lipinski definition) is 3. The molecule has 1 aromatic heterocycles. The predicted octanol–water partition coefficient (Wildman–Crippen LogP) is 3.37. The number of fused-ring (bicyclic) bond motifs is 1. The van der Waals surface area contributed by atoms with Crippen molar-refractivity contribution in [1.29, 1.82) is 0 Å². The number of benzene rings is 1. The van der Waals surface area contributed by atoms with Crippen LogP contribution >= 0.6 is 0 Å². The van der Waals surface area contributed by atoms with Crippen molar-refractivity contribution in [2.75, 3.05) is 18.4 Å². The van der Waals surface area contributed by atoms with E-state index in [9.17, 15) is 4.79 Å². The molecule has 6 nitrogen and oxygen atoms in total. The van der Waals surface area contributed by atoms with E-state index in [1.54, 1.807) is 11.0 Å². The second kappa shape index (κ2) is 7.25. The molecule has 1 aromatic carbocycles. The number of likely N-dealkylation sites (tertiary alicyclic amines) is 1. The van der Waals surface area contributed by atoms with Crippen LogP contribution in [0.15, 0.2) is 36.7 Å². The lowest BCUT2D eigenvalue weighted by Gasteiger charge is -2.41. The van der Waals surface area contributed by atoms with Crippen molar-refractivity contribution >= 4 is 12.0 Å². The zero-order valence-electron chi connectivity index (χ0n) is 14.5. The summed E-state index contributed by atoms with van der Waals surface area (Å²) < 4.78 is 1.75. The highest BCUT2D eigenvalue weighted by Crippen LogP contribution is 2.36. The number of hydrogen-bond donors (Lipinski definition) is 1. The van der Waals surface area contributed by atoms with Gasteiger partial charge in [-0.05, 0) is 30.2 Å². The zero-order valence-corrected chi connectivity index (χ0v) is 14.5. The quantitative estimate of drug-likeness (QED) is 0.932. The minimum atomic E-state index is -0.0681. The van der Waals surface area contributed by atoms with Crippen LogP contribution < -0.4 is 5.32 Å². The Balaban J connectivity index is 1.33. The molecule has 2 heterocycles. The molecule has 1 saturated carbocycles. The highest BCUT2D eigenvalue weighted by atomic mass is 16.2. The molecule has 4 rings (SSSR count). The van der Waals surface area contributed by atoms with Gasteiger partial charge in [-0.15, -0.1) is 5.10 Å². The maximum atomic E-state index is 12.5. The molecule has 1 N–H and O–H groups in total. The van der Waals surface area contributed by atoms with Crippen LogP contribution in [0.1, 0.15) is 37.7 Å². The monoisotopic (exact) mass is 339 g/mol. The van der Waals surface area contributed by atoms with E-state index in [0.29, 0.717) is 18.4 Å².